The lowest BCUT2D eigenvalue weighted by Crippen LogP contribution is -2.02. The molecular weight excluding hydrogens is 268 g/mol. The number of aryl methyl sites for hydroxylation is 2. The number of tetrazole rings is 1. The Labute approximate surface area is 124 Å². The average molecular weight is 290 g/mol. The molecule has 0 radical (unpaired) electrons. The second kappa shape index (κ2) is 7.61. The predicted molar refractivity (Wildman–Crippen MR) is 79.3 cm³/mol. The van der Waals surface area contributed by atoms with Gasteiger partial charge in [0.05, 0.1) is 13.7 Å². The zero-order valence-corrected chi connectivity index (χ0v) is 12.6. The van der Waals surface area contributed by atoms with Crippen molar-refractivity contribution in [2.24, 2.45) is 7.05 Å². The van der Waals surface area contributed by atoms with Crippen molar-refractivity contribution < 1.29 is 9.84 Å². The van der Waals surface area contributed by atoms with Gasteiger partial charge in [0.15, 0.2) is 5.82 Å². The van der Waals surface area contributed by atoms with Crippen molar-refractivity contribution in [3.05, 3.63) is 29.6 Å². The third kappa shape index (κ3) is 4.44. The van der Waals surface area contributed by atoms with Gasteiger partial charge in [-0.2, -0.15) is 4.80 Å². The highest BCUT2D eigenvalue weighted by Gasteiger charge is 2.08. The minimum atomic E-state index is 0.318. The van der Waals surface area contributed by atoms with Crippen LogP contribution in [0.4, 0.5) is 0 Å². The van der Waals surface area contributed by atoms with E-state index < -0.39 is 0 Å². The van der Waals surface area contributed by atoms with Gasteiger partial charge in [-0.15, -0.1) is 10.2 Å². The molecule has 1 aromatic heterocycles. The van der Waals surface area contributed by atoms with Crippen LogP contribution in [0.3, 0.4) is 0 Å². The molecule has 6 heteroatoms. The van der Waals surface area contributed by atoms with Crippen LogP contribution < -0.4 is 4.74 Å². The van der Waals surface area contributed by atoms with Crippen LogP contribution in [0, 0.1) is 0 Å². The zero-order valence-electron chi connectivity index (χ0n) is 12.6. The maximum atomic E-state index is 9.87. The lowest BCUT2D eigenvalue weighted by molar-refractivity contribution is 0.301. The van der Waals surface area contributed by atoms with E-state index in [0.29, 0.717) is 12.4 Å². The van der Waals surface area contributed by atoms with E-state index in [1.165, 1.54) is 4.80 Å². The SMILES string of the molecule is CCCc1c(O)cccc1OCCCCc1nnn(C)n1. The Morgan fingerprint density at radius 1 is 1.24 bits per heavy atom. The van der Waals surface area contributed by atoms with E-state index in [0.717, 1.165) is 49.2 Å². The van der Waals surface area contributed by atoms with Crippen LogP contribution in [-0.4, -0.2) is 31.9 Å². The van der Waals surface area contributed by atoms with Gasteiger partial charge in [0.2, 0.25) is 0 Å². The number of benzene rings is 1. The van der Waals surface area contributed by atoms with Gasteiger partial charge in [0.1, 0.15) is 11.5 Å². The maximum absolute atomic E-state index is 9.87. The lowest BCUT2D eigenvalue weighted by Gasteiger charge is -2.12. The molecule has 1 aromatic carbocycles. The van der Waals surface area contributed by atoms with Gasteiger partial charge in [-0.1, -0.05) is 19.4 Å². The third-order valence-corrected chi connectivity index (χ3v) is 3.21. The molecule has 1 heterocycles. The van der Waals surface area contributed by atoms with E-state index in [1.807, 2.05) is 12.1 Å². The quantitative estimate of drug-likeness (QED) is 0.755. The molecule has 0 aliphatic heterocycles. The monoisotopic (exact) mass is 290 g/mol. The summed E-state index contributed by atoms with van der Waals surface area (Å²) in [5.41, 5.74) is 0.899. The Bertz CT molecular complexity index is 569. The van der Waals surface area contributed by atoms with Crippen LogP contribution in [0.1, 0.15) is 37.6 Å². The number of ether oxygens (including phenoxy) is 1. The molecule has 0 spiro atoms. The standard InChI is InChI=1S/C15H22N4O2/c1-3-7-12-13(20)8-6-9-14(12)21-11-5-4-10-15-16-18-19(2)17-15/h6,8-9,20H,3-5,7,10-11H2,1-2H3. The molecule has 21 heavy (non-hydrogen) atoms. The minimum Gasteiger partial charge on any atom is -0.508 e. The van der Waals surface area contributed by atoms with Crippen molar-refractivity contribution in [2.75, 3.05) is 6.61 Å². The van der Waals surface area contributed by atoms with Gasteiger partial charge in [-0.05, 0) is 36.6 Å². The Kier molecular flexibility index (Phi) is 5.54. The Hall–Kier alpha value is -2.11. The summed E-state index contributed by atoms with van der Waals surface area (Å²) in [7, 11) is 1.76. The van der Waals surface area contributed by atoms with E-state index in [9.17, 15) is 5.11 Å². The van der Waals surface area contributed by atoms with E-state index in [-0.39, 0.29) is 0 Å². The fraction of sp³-hybridized carbons (Fsp3) is 0.533. The lowest BCUT2D eigenvalue weighted by atomic mass is 10.1. The van der Waals surface area contributed by atoms with E-state index in [4.69, 9.17) is 4.74 Å². The molecule has 0 saturated carbocycles. The van der Waals surface area contributed by atoms with E-state index in [1.54, 1.807) is 13.1 Å². The summed E-state index contributed by atoms with van der Waals surface area (Å²) in [4.78, 5) is 1.47. The second-order valence-corrected chi connectivity index (χ2v) is 5.00. The van der Waals surface area contributed by atoms with Crippen molar-refractivity contribution in [3.63, 3.8) is 0 Å². The van der Waals surface area contributed by atoms with Gasteiger partial charge >= 0.3 is 0 Å². The first-order valence-corrected chi connectivity index (χ1v) is 7.37. The van der Waals surface area contributed by atoms with Crippen molar-refractivity contribution in [1.82, 2.24) is 20.2 Å². The van der Waals surface area contributed by atoms with Gasteiger partial charge in [0, 0.05) is 12.0 Å². The average Bonchev–Trinajstić information content (AvgIpc) is 2.87. The molecule has 0 unspecified atom stereocenters. The first kappa shape index (κ1) is 15.3. The smallest absolute Gasteiger partial charge is 0.174 e. The molecule has 2 aromatic rings. The van der Waals surface area contributed by atoms with Gasteiger partial charge in [-0.3, -0.25) is 0 Å². The Morgan fingerprint density at radius 3 is 2.81 bits per heavy atom. The number of nitrogens with zero attached hydrogens (tertiary/aromatic N) is 4. The highest BCUT2D eigenvalue weighted by molar-refractivity contribution is 5.43. The molecule has 2 rings (SSSR count). The normalized spacial score (nSPS) is 10.8. The molecule has 0 aliphatic carbocycles. The van der Waals surface area contributed by atoms with Crippen molar-refractivity contribution >= 4 is 0 Å². The zero-order chi connectivity index (χ0) is 15.1. The molecule has 0 fully saturated rings. The highest BCUT2D eigenvalue weighted by Crippen LogP contribution is 2.28. The van der Waals surface area contributed by atoms with Crippen molar-refractivity contribution in [3.8, 4) is 11.5 Å². The van der Waals surface area contributed by atoms with Crippen molar-refractivity contribution in [1.29, 1.82) is 0 Å². The summed E-state index contributed by atoms with van der Waals surface area (Å²) < 4.78 is 5.79. The number of rotatable bonds is 8. The summed E-state index contributed by atoms with van der Waals surface area (Å²) in [5.74, 6) is 1.87. The molecule has 0 atom stereocenters. The largest absolute Gasteiger partial charge is 0.508 e. The summed E-state index contributed by atoms with van der Waals surface area (Å²) in [5, 5.41) is 21.8. The Morgan fingerprint density at radius 2 is 2.10 bits per heavy atom. The van der Waals surface area contributed by atoms with Crippen LogP contribution in [-0.2, 0) is 19.9 Å². The second-order valence-electron chi connectivity index (χ2n) is 5.00. The third-order valence-electron chi connectivity index (χ3n) is 3.21. The van der Waals surface area contributed by atoms with Crippen LogP contribution in [0.25, 0.3) is 0 Å². The summed E-state index contributed by atoms with van der Waals surface area (Å²) in [6, 6.07) is 5.43. The number of phenolic OH excluding ortho intramolecular Hbond substituents is 1. The van der Waals surface area contributed by atoms with E-state index in [2.05, 4.69) is 22.3 Å². The molecule has 114 valence electrons. The maximum Gasteiger partial charge on any atom is 0.174 e. The van der Waals surface area contributed by atoms with Gasteiger partial charge < -0.3 is 9.84 Å². The number of hydrogen-bond acceptors (Lipinski definition) is 5. The summed E-state index contributed by atoms with van der Waals surface area (Å²) in [6.45, 7) is 2.71. The van der Waals surface area contributed by atoms with Crippen LogP contribution >= 0.6 is 0 Å². The van der Waals surface area contributed by atoms with E-state index >= 15 is 0 Å². The number of phenols is 1. The topological polar surface area (TPSA) is 73.1 Å². The molecule has 1 N–H and O–H groups in total. The molecule has 0 saturated heterocycles. The van der Waals surface area contributed by atoms with Gasteiger partial charge in [-0.25, -0.2) is 0 Å². The minimum absolute atomic E-state index is 0.318. The fourth-order valence-electron chi connectivity index (χ4n) is 2.18. The summed E-state index contributed by atoms with van der Waals surface area (Å²) >= 11 is 0. The number of hydrogen-bond donors (Lipinski definition) is 1. The molecule has 0 bridgehead atoms. The molecular formula is C15H22N4O2. The van der Waals surface area contributed by atoms with Crippen LogP contribution in [0.15, 0.2) is 18.2 Å². The first-order chi connectivity index (χ1) is 10.2. The molecule has 0 aliphatic rings. The highest BCUT2D eigenvalue weighted by atomic mass is 16.5. The number of unbranched alkanes of at least 4 members (excludes halogenated alkanes) is 1. The first-order valence-electron chi connectivity index (χ1n) is 7.37. The molecule has 6 nitrogen and oxygen atoms in total. The molecule has 0 amide bonds. The van der Waals surface area contributed by atoms with Crippen LogP contribution in [0.2, 0.25) is 0 Å². The number of aromatic hydroxyl groups is 1. The summed E-state index contributed by atoms with van der Waals surface area (Å²) in [6.07, 6.45) is 4.48. The fourth-order valence-corrected chi connectivity index (χ4v) is 2.18. The van der Waals surface area contributed by atoms with Crippen molar-refractivity contribution in [2.45, 2.75) is 39.0 Å². The Balaban J connectivity index is 1.77. The van der Waals surface area contributed by atoms with Gasteiger partial charge in [0.25, 0.3) is 0 Å². The van der Waals surface area contributed by atoms with Crippen LogP contribution in [0.5, 0.6) is 11.5 Å². The predicted octanol–water partition coefficient (Wildman–Crippen LogP) is 2.27. The number of aromatic nitrogens is 4.